The van der Waals surface area contributed by atoms with Crippen molar-refractivity contribution in [2.75, 3.05) is 7.11 Å². The minimum atomic E-state index is -0.559. The Labute approximate surface area is 114 Å². The van der Waals surface area contributed by atoms with E-state index >= 15 is 0 Å². The second-order valence-electron chi connectivity index (χ2n) is 4.06. The summed E-state index contributed by atoms with van der Waals surface area (Å²) in [5.41, 5.74) is 0.921. The topological polar surface area (TPSA) is 97.3 Å². The van der Waals surface area contributed by atoms with Crippen molar-refractivity contribution in [2.45, 2.75) is 6.54 Å². The summed E-state index contributed by atoms with van der Waals surface area (Å²) in [7, 11) is 1.58. The summed E-state index contributed by atoms with van der Waals surface area (Å²) < 4.78 is 5.03. The van der Waals surface area contributed by atoms with Gasteiger partial charge in [0.25, 0.3) is 11.6 Å². The van der Waals surface area contributed by atoms with E-state index in [1.165, 1.54) is 12.3 Å². The van der Waals surface area contributed by atoms with Crippen molar-refractivity contribution in [2.24, 2.45) is 0 Å². The van der Waals surface area contributed by atoms with E-state index in [0.29, 0.717) is 6.54 Å². The molecule has 0 aliphatic heterocycles. The number of rotatable bonds is 5. The summed E-state index contributed by atoms with van der Waals surface area (Å²) in [4.78, 5) is 24.3. The van der Waals surface area contributed by atoms with Crippen LogP contribution >= 0.6 is 0 Å². The van der Waals surface area contributed by atoms with E-state index in [9.17, 15) is 14.9 Å². The van der Waals surface area contributed by atoms with Crippen molar-refractivity contribution in [1.82, 2.24) is 10.3 Å². The van der Waals surface area contributed by atoms with Crippen molar-refractivity contribution in [3.05, 3.63) is 57.9 Å². The number of nitrogens with zero attached hydrogens (tertiary/aromatic N) is 1. The Kier molecular flexibility index (Phi) is 3.99. The number of ether oxygens (including phenoxy) is 1. The van der Waals surface area contributed by atoms with Crippen LogP contribution in [0.15, 0.2) is 36.5 Å². The van der Waals surface area contributed by atoms with Crippen molar-refractivity contribution in [1.29, 1.82) is 0 Å². The van der Waals surface area contributed by atoms with Gasteiger partial charge in [0.05, 0.1) is 18.2 Å². The number of hydrogen-bond acceptors (Lipinski definition) is 4. The fourth-order valence-electron chi connectivity index (χ4n) is 1.64. The number of methoxy groups -OCH3 is 1. The number of H-pyrrole nitrogens is 1. The van der Waals surface area contributed by atoms with Crippen LogP contribution in [0.25, 0.3) is 0 Å². The molecule has 0 fully saturated rings. The van der Waals surface area contributed by atoms with Crippen LogP contribution in [0.5, 0.6) is 5.75 Å². The lowest BCUT2D eigenvalue weighted by Crippen LogP contribution is -2.22. The normalized spacial score (nSPS) is 10.1. The molecule has 0 bridgehead atoms. The van der Waals surface area contributed by atoms with Gasteiger partial charge in [0.1, 0.15) is 11.4 Å². The predicted octanol–water partition coefficient (Wildman–Crippen LogP) is 1.86. The quantitative estimate of drug-likeness (QED) is 0.642. The first-order chi connectivity index (χ1) is 9.60. The number of hydrogen-bond donors (Lipinski definition) is 2. The van der Waals surface area contributed by atoms with E-state index in [0.717, 1.165) is 11.3 Å². The van der Waals surface area contributed by atoms with Crippen LogP contribution in [0.2, 0.25) is 0 Å². The lowest BCUT2D eigenvalue weighted by molar-refractivity contribution is -0.384. The number of aromatic amines is 1. The van der Waals surface area contributed by atoms with Gasteiger partial charge in [-0.15, -0.1) is 0 Å². The molecule has 0 saturated carbocycles. The number of aromatic nitrogens is 1. The Bertz CT molecular complexity index is 619. The van der Waals surface area contributed by atoms with Crippen molar-refractivity contribution in [3.8, 4) is 5.75 Å². The number of amides is 1. The second-order valence-corrected chi connectivity index (χ2v) is 4.06. The first-order valence-corrected chi connectivity index (χ1v) is 5.84. The minimum Gasteiger partial charge on any atom is -0.497 e. The molecule has 0 aliphatic carbocycles. The van der Waals surface area contributed by atoms with Gasteiger partial charge in [0.2, 0.25) is 0 Å². The molecule has 7 heteroatoms. The molecule has 1 aromatic carbocycles. The molecular weight excluding hydrogens is 262 g/mol. The maximum Gasteiger partial charge on any atom is 0.287 e. The highest BCUT2D eigenvalue weighted by atomic mass is 16.6. The molecule has 1 heterocycles. The Morgan fingerprint density at radius 3 is 2.65 bits per heavy atom. The third-order valence-electron chi connectivity index (χ3n) is 2.74. The van der Waals surface area contributed by atoms with Crippen LogP contribution in [0.3, 0.4) is 0 Å². The molecule has 2 N–H and O–H groups in total. The number of carbonyl (C=O) groups excluding carboxylic acids is 1. The fourth-order valence-corrected chi connectivity index (χ4v) is 1.64. The molecule has 0 saturated heterocycles. The number of carbonyl (C=O) groups is 1. The number of nitrogens with one attached hydrogen (secondary N) is 2. The molecule has 7 nitrogen and oxygen atoms in total. The predicted molar refractivity (Wildman–Crippen MR) is 71.6 cm³/mol. The first kappa shape index (κ1) is 13.6. The smallest absolute Gasteiger partial charge is 0.287 e. The van der Waals surface area contributed by atoms with Crippen molar-refractivity contribution >= 4 is 11.6 Å². The first-order valence-electron chi connectivity index (χ1n) is 5.84. The van der Waals surface area contributed by atoms with Gasteiger partial charge in [-0.05, 0) is 17.7 Å². The van der Waals surface area contributed by atoms with Gasteiger partial charge in [0.15, 0.2) is 0 Å². The summed E-state index contributed by atoms with van der Waals surface area (Å²) >= 11 is 0. The summed E-state index contributed by atoms with van der Waals surface area (Å²) in [6.07, 6.45) is 1.18. The van der Waals surface area contributed by atoms with Crippen LogP contribution < -0.4 is 10.1 Å². The van der Waals surface area contributed by atoms with Gasteiger partial charge in [-0.25, -0.2) is 0 Å². The molecule has 1 aromatic heterocycles. The fraction of sp³-hybridized carbons (Fsp3) is 0.154. The standard InChI is InChI=1S/C13H13N3O4/c1-20-11-4-2-9(3-5-11)7-15-13(17)12-6-10(8-14-12)16(18)19/h2-6,8,14H,7H2,1H3,(H,15,17). The summed E-state index contributed by atoms with van der Waals surface area (Å²) in [5, 5.41) is 13.2. The zero-order valence-electron chi connectivity index (χ0n) is 10.8. The molecule has 1 amide bonds. The number of benzene rings is 1. The average molecular weight is 275 g/mol. The van der Waals surface area contributed by atoms with E-state index in [1.54, 1.807) is 19.2 Å². The molecular formula is C13H13N3O4. The van der Waals surface area contributed by atoms with Gasteiger partial charge >= 0.3 is 0 Å². The molecule has 2 rings (SSSR count). The highest BCUT2D eigenvalue weighted by molar-refractivity contribution is 5.93. The highest BCUT2D eigenvalue weighted by Crippen LogP contribution is 2.13. The van der Waals surface area contributed by atoms with E-state index in [1.807, 2.05) is 12.1 Å². The lowest BCUT2D eigenvalue weighted by Gasteiger charge is -2.05. The highest BCUT2D eigenvalue weighted by Gasteiger charge is 2.13. The van der Waals surface area contributed by atoms with E-state index < -0.39 is 10.8 Å². The van der Waals surface area contributed by atoms with E-state index in [2.05, 4.69) is 10.3 Å². The number of nitro groups is 1. The maximum atomic E-state index is 11.8. The minimum absolute atomic E-state index is 0.139. The van der Waals surface area contributed by atoms with Crippen LogP contribution in [0, 0.1) is 10.1 Å². The third kappa shape index (κ3) is 3.14. The van der Waals surface area contributed by atoms with Crippen LogP contribution in [0.1, 0.15) is 16.1 Å². The van der Waals surface area contributed by atoms with E-state index in [-0.39, 0.29) is 11.4 Å². The average Bonchev–Trinajstić information content (AvgIpc) is 2.95. The monoisotopic (exact) mass is 275 g/mol. The van der Waals surface area contributed by atoms with Crippen LogP contribution in [-0.4, -0.2) is 22.9 Å². The molecule has 104 valence electrons. The second kappa shape index (κ2) is 5.87. The summed E-state index contributed by atoms with van der Waals surface area (Å²) in [6.45, 7) is 0.329. The molecule has 0 spiro atoms. The largest absolute Gasteiger partial charge is 0.497 e. The zero-order valence-corrected chi connectivity index (χ0v) is 10.8. The molecule has 2 aromatic rings. The summed E-state index contributed by atoms with van der Waals surface area (Å²) in [6, 6.07) is 8.44. The Balaban J connectivity index is 1.95. The van der Waals surface area contributed by atoms with Gasteiger partial charge < -0.3 is 15.0 Å². The summed E-state index contributed by atoms with van der Waals surface area (Å²) in [5.74, 6) is 0.342. The molecule has 0 atom stereocenters. The van der Waals surface area contributed by atoms with Gasteiger partial charge in [-0.2, -0.15) is 0 Å². The Morgan fingerprint density at radius 2 is 2.10 bits per heavy atom. The molecule has 0 aliphatic rings. The molecule has 0 radical (unpaired) electrons. The maximum absolute atomic E-state index is 11.8. The van der Waals surface area contributed by atoms with Crippen molar-refractivity contribution in [3.63, 3.8) is 0 Å². The van der Waals surface area contributed by atoms with Crippen molar-refractivity contribution < 1.29 is 14.5 Å². The Hall–Kier alpha value is -2.83. The zero-order chi connectivity index (χ0) is 14.5. The molecule has 0 unspecified atom stereocenters. The van der Waals surface area contributed by atoms with Crippen LogP contribution in [-0.2, 0) is 6.54 Å². The van der Waals surface area contributed by atoms with Gasteiger partial charge in [-0.1, -0.05) is 12.1 Å². The molecule has 20 heavy (non-hydrogen) atoms. The van der Waals surface area contributed by atoms with Gasteiger partial charge in [-0.3, -0.25) is 14.9 Å². The van der Waals surface area contributed by atoms with Crippen LogP contribution in [0.4, 0.5) is 5.69 Å². The van der Waals surface area contributed by atoms with E-state index in [4.69, 9.17) is 4.74 Å². The SMILES string of the molecule is COc1ccc(CNC(=O)c2cc([N+](=O)[O-])c[nH]2)cc1. The van der Waals surface area contributed by atoms with Gasteiger partial charge in [0, 0.05) is 12.6 Å². The lowest BCUT2D eigenvalue weighted by atomic mass is 10.2. The third-order valence-corrected chi connectivity index (χ3v) is 2.74. The Morgan fingerprint density at radius 1 is 1.40 bits per heavy atom.